The van der Waals surface area contributed by atoms with Gasteiger partial charge in [-0.1, -0.05) is 17.7 Å². The molecule has 11 heteroatoms. The Hall–Kier alpha value is -2.18. The van der Waals surface area contributed by atoms with E-state index in [0.29, 0.717) is 37.6 Å². The summed E-state index contributed by atoms with van der Waals surface area (Å²) in [5, 5.41) is 10.8. The number of rotatable bonds is 9. The molecular weight excluding hydrogens is 533 g/mol. The van der Waals surface area contributed by atoms with Gasteiger partial charge in [0.05, 0.1) is 6.54 Å². The van der Waals surface area contributed by atoms with Crippen LogP contribution in [0.25, 0.3) is 0 Å². The fourth-order valence-electron chi connectivity index (χ4n) is 3.58. The number of guanidine groups is 1. The molecule has 178 valence electrons. The van der Waals surface area contributed by atoms with Gasteiger partial charge in [0, 0.05) is 38.2 Å². The van der Waals surface area contributed by atoms with Crippen molar-refractivity contribution < 1.29 is 13.5 Å². The highest BCUT2D eigenvalue weighted by molar-refractivity contribution is 14.0. The first-order valence-electron chi connectivity index (χ1n) is 10.7. The van der Waals surface area contributed by atoms with Gasteiger partial charge >= 0.3 is 12.3 Å². The van der Waals surface area contributed by atoms with E-state index in [4.69, 9.17) is 0 Å². The summed E-state index contributed by atoms with van der Waals surface area (Å²) < 4.78 is 33.2. The van der Waals surface area contributed by atoms with Crippen LogP contribution in [0.15, 0.2) is 28.0 Å². The van der Waals surface area contributed by atoms with Crippen molar-refractivity contribution in [1.82, 2.24) is 25.0 Å². The summed E-state index contributed by atoms with van der Waals surface area (Å²) in [7, 11) is 0. The molecule has 8 nitrogen and oxygen atoms in total. The summed E-state index contributed by atoms with van der Waals surface area (Å²) in [6.45, 7) is 3.68. The monoisotopic (exact) mass is 564 g/mol. The minimum absolute atomic E-state index is 0. The number of ether oxygens (including phenoxy) is 1. The second-order valence-electron chi connectivity index (χ2n) is 7.50. The molecule has 0 amide bonds. The molecule has 2 aromatic rings. The lowest BCUT2D eigenvalue weighted by Crippen LogP contribution is -2.38. The molecule has 0 fully saturated rings. The summed E-state index contributed by atoms with van der Waals surface area (Å²) in [6, 6.07) is 5.05. The number of hydrogen-bond acceptors (Lipinski definition) is 4. The quantitative estimate of drug-likeness (QED) is 0.212. The Kier molecular flexibility index (Phi) is 10.4. The lowest BCUT2D eigenvalue weighted by molar-refractivity contribution is -0.0504. The lowest BCUT2D eigenvalue weighted by atomic mass is 10.1. The topological polar surface area (TPSA) is 85.5 Å². The normalized spacial score (nSPS) is 13.5. The fourth-order valence-corrected chi connectivity index (χ4v) is 3.58. The van der Waals surface area contributed by atoms with Gasteiger partial charge in [-0.2, -0.15) is 13.9 Å². The number of aliphatic imine (C=N–C) groups is 1. The Morgan fingerprint density at radius 3 is 2.84 bits per heavy atom. The third kappa shape index (κ3) is 7.17. The Morgan fingerprint density at radius 1 is 1.31 bits per heavy atom. The van der Waals surface area contributed by atoms with Crippen LogP contribution in [0.2, 0.25) is 0 Å². The molecule has 0 atom stereocenters. The van der Waals surface area contributed by atoms with Gasteiger partial charge in [-0.05, 0) is 39.2 Å². The number of nitrogens with one attached hydrogen (secondary N) is 2. The molecule has 32 heavy (non-hydrogen) atoms. The van der Waals surface area contributed by atoms with Gasteiger partial charge in [-0.15, -0.1) is 24.0 Å². The van der Waals surface area contributed by atoms with Crippen molar-refractivity contribution in [3.05, 3.63) is 45.6 Å². The molecule has 0 radical (unpaired) electrons. The molecule has 1 aromatic carbocycles. The standard InChI is InChI=1S/C21H30F2N6O2.HI/c1-3-24-20(26-14-16-13-15(2)8-9-17(16)31-19(22)23)25-10-6-12-29-21(30)28-11-5-4-7-18(28)27-29;/h8-9,13,19H,3-7,10-12,14H2,1-2H3,(H2,24,25,26);1H. The second kappa shape index (κ2) is 12.8. The molecular formula is C21H31F2IN6O2. The minimum atomic E-state index is -2.88. The van der Waals surface area contributed by atoms with E-state index in [-0.39, 0.29) is 42.0 Å². The summed E-state index contributed by atoms with van der Waals surface area (Å²) in [5.41, 5.74) is 1.49. The molecule has 0 bridgehead atoms. The van der Waals surface area contributed by atoms with E-state index >= 15 is 0 Å². The van der Waals surface area contributed by atoms with Crippen molar-refractivity contribution >= 4 is 29.9 Å². The number of aromatic nitrogens is 3. The van der Waals surface area contributed by atoms with Crippen LogP contribution in [0.3, 0.4) is 0 Å². The highest BCUT2D eigenvalue weighted by Crippen LogP contribution is 2.22. The summed E-state index contributed by atoms with van der Waals surface area (Å²) in [5.74, 6) is 1.57. The van der Waals surface area contributed by atoms with E-state index in [9.17, 15) is 13.6 Å². The Bertz CT molecular complexity index is 960. The third-order valence-electron chi connectivity index (χ3n) is 5.05. The predicted octanol–water partition coefficient (Wildman–Crippen LogP) is 3.05. The molecule has 2 N–H and O–H groups in total. The van der Waals surface area contributed by atoms with E-state index in [0.717, 1.165) is 37.2 Å². The van der Waals surface area contributed by atoms with E-state index in [1.807, 2.05) is 13.8 Å². The van der Waals surface area contributed by atoms with Gasteiger partial charge < -0.3 is 15.4 Å². The lowest BCUT2D eigenvalue weighted by Gasteiger charge is -2.13. The smallest absolute Gasteiger partial charge is 0.387 e. The fraction of sp³-hybridized carbons (Fsp3) is 0.571. The molecule has 0 spiro atoms. The van der Waals surface area contributed by atoms with E-state index in [2.05, 4.69) is 25.5 Å². The van der Waals surface area contributed by atoms with Gasteiger partial charge in [0.1, 0.15) is 11.6 Å². The van der Waals surface area contributed by atoms with Crippen LogP contribution < -0.4 is 21.1 Å². The van der Waals surface area contributed by atoms with Gasteiger partial charge in [-0.3, -0.25) is 4.57 Å². The van der Waals surface area contributed by atoms with Crippen LogP contribution >= 0.6 is 24.0 Å². The summed E-state index contributed by atoms with van der Waals surface area (Å²) in [6.07, 6.45) is 3.65. The SMILES string of the molecule is CCNC(=NCc1cc(C)ccc1OC(F)F)NCCCn1nc2n(c1=O)CCCC2.I. The number of alkyl halides is 2. The van der Waals surface area contributed by atoms with Crippen molar-refractivity contribution in [2.45, 2.75) is 65.8 Å². The van der Waals surface area contributed by atoms with Gasteiger partial charge in [0.15, 0.2) is 5.96 Å². The zero-order chi connectivity index (χ0) is 22.2. The van der Waals surface area contributed by atoms with Crippen LogP contribution in [0, 0.1) is 6.92 Å². The van der Waals surface area contributed by atoms with Crippen LogP contribution in [-0.2, 0) is 26.1 Å². The zero-order valence-electron chi connectivity index (χ0n) is 18.4. The van der Waals surface area contributed by atoms with Crippen molar-refractivity contribution in [2.24, 2.45) is 4.99 Å². The van der Waals surface area contributed by atoms with Crippen molar-refractivity contribution in [1.29, 1.82) is 0 Å². The number of halogens is 3. The van der Waals surface area contributed by atoms with Crippen LogP contribution in [0.4, 0.5) is 8.78 Å². The van der Waals surface area contributed by atoms with Gasteiger partial charge in [0.2, 0.25) is 0 Å². The average molecular weight is 564 g/mol. The molecule has 2 heterocycles. The molecule has 0 saturated heterocycles. The molecule has 0 aliphatic carbocycles. The number of nitrogens with zero attached hydrogens (tertiary/aromatic N) is 4. The van der Waals surface area contributed by atoms with Crippen LogP contribution in [0.5, 0.6) is 5.75 Å². The van der Waals surface area contributed by atoms with Crippen molar-refractivity contribution in [2.75, 3.05) is 13.1 Å². The number of fused-ring (bicyclic) bond motifs is 1. The maximum Gasteiger partial charge on any atom is 0.387 e. The summed E-state index contributed by atoms with van der Waals surface area (Å²) in [4.78, 5) is 16.9. The van der Waals surface area contributed by atoms with Crippen LogP contribution in [0.1, 0.15) is 43.1 Å². The number of aryl methyl sites for hydroxylation is 3. The second-order valence-corrected chi connectivity index (χ2v) is 7.50. The highest BCUT2D eigenvalue weighted by Gasteiger charge is 2.16. The van der Waals surface area contributed by atoms with Gasteiger partial charge in [-0.25, -0.2) is 14.5 Å². The predicted molar refractivity (Wildman–Crippen MR) is 130 cm³/mol. The molecule has 3 rings (SSSR count). The van der Waals surface area contributed by atoms with Gasteiger partial charge in [0.25, 0.3) is 0 Å². The summed E-state index contributed by atoms with van der Waals surface area (Å²) >= 11 is 0. The molecule has 1 aliphatic rings. The van der Waals surface area contributed by atoms with E-state index < -0.39 is 6.61 Å². The highest BCUT2D eigenvalue weighted by atomic mass is 127. The first-order chi connectivity index (χ1) is 15.0. The van der Waals surface area contributed by atoms with E-state index in [1.54, 1.807) is 16.7 Å². The molecule has 0 saturated carbocycles. The number of benzene rings is 1. The van der Waals surface area contributed by atoms with Crippen molar-refractivity contribution in [3.63, 3.8) is 0 Å². The Labute approximate surface area is 203 Å². The average Bonchev–Trinajstić information content (AvgIpc) is 3.06. The number of hydrogen-bond donors (Lipinski definition) is 2. The first kappa shape index (κ1) is 26.1. The van der Waals surface area contributed by atoms with E-state index in [1.165, 1.54) is 10.7 Å². The first-order valence-corrected chi connectivity index (χ1v) is 10.7. The molecule has 0 unspecified atom stereocenters. The molecule has 1 aliphatic heterocycles. The zero-order valence-corrected chi connectivity index (χ0v) is 20.8. The maximum absolute atomic E-state index is 12.7. The maximum atomic E-state index is 12.7. The molecule has 1 aromatic heterocycles. The van der Waals surface area contributed by atoms with Crippen molar-refractivity contribution in [3.8, 4) is 5.75 Å². The minimum Gasteiger partial charge on any atom is -0.434 e. The Balaban J connectivity index is 0.00000363. The van der Waals surface area contributed by atoms with Crippen LogP contribution in [-0.4, -0.2) is 40.0 Å². The largest absolute Gasteiger partial charge is 0.434 e. The Morgan fingerprint density at radius 2 is 2.12 bits per heavy atom. The third-order valence-corrected chi connectivity index (χ3v) is 5.05.